The number of aromatic nitrogens is 4. The highest BCUT2D eigenvalue weighted by atomic mass is 19.4. The molecule has 152 valence electrons. The molecule has 4 heterocycles. The van der Waals surface area contributed by atoms with Crippen LogP contribution in [0.2, 0.25) is 0 Å². The van der Waals surface area contributed by atoms with Gasteiger partial charge in [-0.3, -0.25) is 0 Å². The molecule has 1 saturated heterocycles. The Morgan fingerprint density at radius 3 is 2.45 bits per heavy atom. The first-order chi connectivity index (χ1) is 14.0. The van der Waals surface area contributed by atoms with Crippen molar-refractivity contribution in [3.63, 3.8) is 0 Å². The summed E-state index contributed by atoms with van der Waals surface area (Å²) in [5.41, 5.74) is -0.624. The first kappa shape index (κ1) is 19.2. The summed E-state index contributed by atoms with van der Waals surface area (Å²) in [5.74, 6) is 1.73. The van der Waals surface area contributed by atoms with E-state index >= 15 is 0 Å². The van der Waals surface area contributed by atoms with Crippen molar-refractivity contribution in [2.75, 3.05) is 43.1 Å². The fourth-order valence-corrected chi connectivity index (χ4v) is 3.38. The minimum absolute atomic E-state index is 0.280. The molecule has 0 atom stereocenters. The second kappa shape index (κ2) is 7.69. The lowest BCUT2D eigenvalue weighted by Crippen LogP contribution is -2.32. The van der Waals surface area contributed by atoms with Gasteiger partial charge in [0.05, 0.1) is 12.6 Å². The van der Waals surface area contributed by atoms with Crippen molar-refractivity contribution in [3.8, 4) is 5.88 Å². The predicted octanol–water partition coefficient (Wildman–Crippen LogP) is 3.16. The van der Waals surface area contributed by atoms with E-state index in [-0.39, 0.29) is 5.52 Å². The number of halogens is 3. The van der Waals surface area contributed by atoms with Crippen molar-refractivity contribution >= 4 is 22.7 Å². The van der Waals surface area contributed by atoms with Gasteiger partial charge in [-0.15, -0.1) is 0 Å². The van der Waals surface area contributed by atoms with Gasteiger partial charge in [-0.1, -0.05) is 0 Å². The van der Waals surface area contributed by atoms with Crippen molar-refractivity contribution in [1.82, 2.24) is 19.9 Å². The Morgan fingerprint density at radius 1 is 0.897 bits per heavy atom. The van der Waals surface area contributed by atoms with E-state index in [2.05, 4.69) is 29.7 Å². The molecule has 0 aliphatic carbocycles. The van der Waals surface area contributed by atoms with Crippen LogP contribution in [0, 0.1) is 0 Å². The van der Waals surface area contributed by atoms with E-state index < -0.39 is 11.9 Å². The van der Waals surface area contributed by atoms with Gasteiger partial charge in [-0.05, 0) is 24.6 Å². The molecule has 0 N–H and O–H groups in total. The van der Waals surface area contributed by atoms with Crippen LogP contribution in [-0.2, 0) is 6.18 Å². The quantitative estimate of drug-likeness (QED) is 0.664. The molecule has 0 unspecified atom stereocenters. The number of rotatable bonds is 3. The summed E-state index contributed by atoms with van der Waals surface area (Å²) in [4.78, 5) is 21.0. The highest BCUT2D eigenvalue weighted by molar-refractivity contribution is 5.89. The smallest absolute Gasteiger partial charge is 0.433 e. The van der Waals surface area contributed by atoms with Crippen molar-refractivity contribution < 1.29 is 17.9 Å². The lowest BCUT2D eigenvalue weighted by Gasteiger charge is -2.24. The van der Waals surface area contributed by atoms with E-state index in [0.717, 1.165) is 19.0 Å². The average molecular weight is 404 g/mol. The SMILES string of the molecule is COc1ccnc(N2CCCN(c3nccc4nc(C(F)(F)F)ccc34)CC2)n1. The minimum Gasteiger partial charge on any atom is -0.481 e. The third-order valence-corrected chi connectivity index (χ3v) is 4.79. The van der Waals surface area contributed by atoms with E-state index in [1.165, 1.54) is 18.3 Å². The zero-order chi connectivity index (χ0) is 20.4. The Labute approximate surface area is 165 Å². The molecule has 0 amide bonds. The van der Waals surface area contributed by atoms with Gasteiger partial charge in [0.25, 0.3) is 0 Å². The predicted molar refractivity (Wildman–Crippen MR) is 102 cm³/mol. The average Bonchev–Trinajstić information content (AvgIpc) is 2.98. The van der Waals surface area contributed by atoms with E-state index in [4.69, 9.17) is 4.74 Å². The van der Waals surface area contributed by atoms with Gasteiger partial charge in [0.15, 0.2) is 0 Å². The van der Waals surface area contributed by atoms with Crippen molar-refractivity contribution in [2.24, 2.45) is 0 Å². The molecule has 0 bridgehead atoms. The molecular formula is C19H19F3N6O. The largest absolute Gasteiger partial charge is 0.481 e. The third-order valence-electron chi connectivity index (χ3n) is 4.79. The first-order valence-electron chi connectivity index (χ1n) is 9.15. The lowest BCUT2D eigenvalue weighted by atomic mass is 10.2. The molecule has 0 spiro atoms. The van der Waals surface area contributed by atoms with Crippen LogP contribution in [0.4, 0.5) is 24.9 Å². The Morgan fingerprint density at radius 2 is 1.66 bits per heavy atom. The Bertz CT molecular complexity index is 1010. The summed E-state index contributed by atoms with van der Waals surface area (Å²) in [6.07, 6.45) is -0.497. The molecule has 1 aliphatic heterocycles. The second-order valence-corrected chi connectivity index (χ2v) is 6.62. The molecule has 3 aromatic heterocycles. The van der Waals surface area contributed by atoms with Crippen LogP contribution in [0.25, 0.3) is 10.9 Å². The van der Waals surface area contributed by atoms with Crippen molar-refractivity contribution in [3.05, 3.63) is 42.4 Å². The fraction of sp³-hybridized carbons (Fsp3) is 0.368. The lowest BCUT2D eigenvalue weighted by molar-refractivity contribution is -0.140. The van der Waals surface area contributed by atoms with E-state index in [9.17, 15) is 13.2 Å². The maximum atomic E-state index is 13.0. The van der Waals surface area contributed by atoms with Crippen LogP contribution in [0.15, 0.2) is 36.7 Å². The maximum absolute atomic E-state index is 13.0. The second-order valence-electron chi connectivity index (χ2n) is 6.62. The zero-order valence-electron chi connectivity index (χ0n) is 15.7. The van der Waals surface area contributed by atoms with Crippen LogP contribution in [0.3, 0.4) is 0 Å². The van der Waals surface area contributed by atoms with Crippen LogP contribution < -0.4 is 14.5 Å². The Hall–Kier alpha value is -3.17. The fourth-order valence-electron chi connectivity index (χ4n) is 3.38. The standard InChI is InChI=1S/C19H19F3N6O/c1-29-16-6-8-24-18(26-16)28-10-2-9-27(11-12-28)17-13-3-4-15(19(20,21)22)25-14(13)5-7-23-17/h3-8H,2,9-12H2,1H3. The molecule has 4 rings (SSSR count). The highest BCUT2D eigenvalue weighted by Crippen LogP contribution is 2.31. The summed E-state index contributed by atoms with van der Waals surface area (Å²) in [5, 5.41) is 0.603. The summed E-state index contributed by atoms with van der Waals surface area (Å²) in [7, 11) is 1.56. The number of fused-ring (bicyclic) bond motifs is 1. The van der Waals surface area contributed by atoms with Gasteiger partial charge in [-0.2, -0.15) is 18.2 Å². The van der Waals surface area contributed by atoms with Crippen molar-refractivity contribution in [2.45, 2.75) is 12.6 Å². The van der Waals surface area contributed by atoms with Crippen LogP contribution in [0.1, 0.15) is 12.1 Å². The Kier molecular flexibility index (Phi) is 5.08. The van der Waals surface area contributed by atoms with Gasteiger partial charge in [-0.25, -0.2) is 15.0 Å². The summed E-state index contributed by atoms with van der Waals surface area (Å²) in [6.45, 7) is 2.76. The summed E-state index contributed by atoms with van der Waals surface area (Å²) < 4.78 is 44.1. The molecule has 3 aromatic rings. The van der Waals surface area contributed by atoms with E-state index in [1.807, 2.05) is 0 Å². The number of pyridine rings is 2. The van der Waals surface area contributed by atoms with Crippen LogP contribution in [-0.4, -0.2) is 53.2 Å². The van der Waals surface area contributed by atoms with Gasteiger partial charge in [0, 0.05) is 50.0 Å². The van der Waals surface area contributed by atoms with Crippen LogP contribution >= 0.6 is 0 Å². The monoisotopic (exact) mass is 404 g/mol. The number of anilines is 2. The number of methoxy groups -OCH3 is 1. The molecular weight excluding hydrogens is 385 g/mol. The molecule has 1 fully saturated rings. The number of ether oxygens (including phenoxy) is 1. The molecule has 1 aliphatic rings. The first-order valence-corrected chi connectivity index (χ1v) is 9.15. The van der Waals surface area contributed by atoms with Gasteiger partial charge in [0.1, 0.15) is 11.5 Å². The Balaban J connectivity index is 1.58. The van der Waals surface area contributed by atoms with Crippen molar-refractivity contribution in [1.29, 1.82) is 0 Å². The molecule has 7 nitrogen and oxygen atoms in total. The van der Waals surface area contributed by atoms with Gasteiger partial charge in [0.2, 0.25) is 11.8 Å². The maximum Gasteiger partial charge on any atom is 0.433 e. The van der Waals surface area contributed by atoms with E-state index in [0.29, 0.717) is 42.7 Å². The summed E-state index contributed by atoms with van der Waals surface area (Å²) >= 11 is 0. The number of alkyl halides is 3. The topological polar surface area (TPSA) is 67.3 Å². The zero-order valence-corrected chi connectivity index (χ0v) is 15.7. The van der Waals surface area contributed by atoms with Gasteiger partial charge < -0.3 is 14.5 Å². The van der Waals surface area contributed by atoms with E-state index in [1.54, 1.807) is 19.4 Å². The molecule has 29 heavy (non-hydrogen) atoms. The number of hydrogen-bond acceptors (Lipinski definition) is 7. The molecule has 0 aromatic carbocycles. The summed E-state index contributed by atoms with van der Waals surface area (Å²) in [6, 6.07) is 5.64. The van der Waals surface area contributed by atoms with Gasteiger partial charge >= 0.3 is 6.18 Å². The molecule has 10 heteroatoms. The number of nitrogens with zero attached hydrogens (tertiary/aromatic N) is 6. The minimum atomic E-state index is -4.47. The highest BCUT2D eigenvalue weighted by Gasteiger charge is 2.32. The normalized spacial score (nSPS) is 15.4. The molecule has 0 saturated carbocycles. The van der Waals surface area contributed by atoms with Crippen LogP contribution in [0.5, 0.6) is 5.88 Å². The number of hydrogen-bond donors (Lipinski definition) is 0. The third kappa shape index (κ3) is 4.01. The molecule has 0 radical (unpaired) electrons.